The average molecular weight is 291 g/mol. The topological polar surface area (TPSA) is 72.5 Å². The van der Waals surface area contributed by atoms with Crippen LogP contribution in [0.25, 0.3) is 0 Å². The highest BCUT2D eigenvalue weighted by atomic mass is 32.2. The van der Waals surface area contributed by atoms with Gasteiger partial charge in [0.1, 0.15) is 0 Å². The summed E-state index contributed by atoms with van der Waals surface area (Å²) in [7, 11) is -0.0419. The number of hydrogen-bond donors (Lipinski definition) is 1. The lowest BCUT2D eigenvalue weighted by molar-refractivity contribution is -0.141. The van der Waals surface area contributed by atoms with E-state index in [0.717, 1.165) is 12.8 Å². The maximum Gasteiger partial charge on any atom is 0.306 e. The first-order valence-electron chi connectivity index (χ1n) is 6.68. The third-order valence-electron chi connectivity index (χ3n) is 3.84. The summed E-state index contributed by atoms with van der Waals surface area (Å²) in [4.78, 5) is 11.3. The second kappa shape index (κ2) is 6.22. The normalized spacial score (nSPS) is 19.2. The summed E-state index contributed by atoms with van der Waals surface area (Å²) in [5, 5.41) is 3.04. The molecule has 0 spiro atoms. The van der Waals surface area contributed by atoms with Crippen molar-refractivity contribution in [1.82, 2.24) is 5.32 Å². The number of rotatable bonds is 8. The highest BCUT2D eigenvalue weighted by Crippen LogP contribution is 2.50. The van der Waals surface area contributed by atoms with Crippen molar-refractivity contribution in [3.05, 3.63) is 0 Å². The molecule has 6 heteroatoms. The first kappa shape index (κ1) is 16.4. The van der Waals surface area contributed by atoms with E-state index in [4.69, 9.17) is 0 Å². The van der Waals surface area contributed by atoms with Crippen molar-refractivity contribution in [3.63, 3.8) is 0 Å². The van der Waals surface area contributed by atoms with E-state index in [9.17, 15) is 13.2 Å². The number of esters is 1. The van der Waals surface area contributed by atoms with Gasteiger partial charge in [-0.2, -0.15) is 0 Å². The van der Waals surface area contributed by atoms with Crippen molar-refractivity contribution in [2.75, 3.05) is 25.7 Å². The van der Waals surface area contributed by atoms with Crippen LogP contribution in [0.5, 0.6) is 0 Å². The number of carbonyl (C=O) groups is 1. The summed E-state index contributed by atoms with van der Waals surface area (Å²) in [5.41, 5.74) is -0.360. The summed E-state index contributed by atoms with van der Waals surface area (Å²) in [6.07, 6.45) is 1.81. The molecule has 0 amide bonds. The van der Waals surface area contributed by atoms with Gasteiger partial charge in [-0.15, -0.1) is 0 Å². The molecule has 1 atom stereocenters. The first-order valence-corrected chi connectivity index (χ1v) is 8.50. The van der Waals surface area contributed by atoms with Crippen LogP contribution in [0.15, 0.2) is 0 Å². The summed E-state index contributed by atoms with van der Waals surface area (Å²) < 4.78 is 29.1. The van der Waals surface area contributed by atoms with Crippen molar-refractivity contribution in [2.45, 2.75) is 39.2 Å². The van der Waals surface area contributed by atoms with Crippen molar-refractivity contribution < 1.29 is 17.9 Å². The molecule has 112 valence electrons. The number of carbonyl (C=O) groups excluding carboxylic acids is 1. The second-order valence-corrected chi connectivity index (χ2v) is 8.06. The van der Waals surface area contributed by atoms with Gasteiger partial charge < -0.3 is 10.1 Å². The molecule has 0 heterocycles. The van der Waals surface area contributed by atoms with Gasteiger partial charge in [-0.1, -0.05) is 13.8 Å². The number of ether oxygens (including phenoxy) is 1. The van der Waals surface area contributed by atoms with Crippen LogP contribution >= 0.6 is 0 Å². The predicted octanol–water partition coefficient (Wildman–Crippen LogP) is 0.988. The Morgan fingerprint density at radius 2 is 1.95 bits per heavy atom. The molecule has 1 aliphatic rings. The van der Waals surface area contributed by atoms with Crippen molar-refractivity contribution in [2.24, 2.45) is 11.3 Å². The molecule has 0 bridgehead atoms. The van der Waals surface area contributed by atoms with E-state index < -0.39 is 9.84 Å². The van der Waals surface area contributed by atoms with E-state index in [1.807, 2.05) is 13.8 Å². The third-order valence-corrected chi connectivity index (χ3v) is 5.76. The largest absolute Gasteiger partial charge is 0.469 e. The Kier molecular flexibility index (Phi) is 5.38. The van der Waals surface area contributed by atoms with Gasteiger partial charge in [-0.05, 0) is 31.2 Å². The van der Waals surface area contributed by atoms with E-state index in [1.165, 1.54) is 7.11 Å². The third kappa shape index (κ3) is 5.10. The zero-order chi connectivity index (χ0) is 14.7. The summed E-state index contributed by atoms with van der Waals surface area (Å²) in [5.74, 6) is 0.168. The molecule has 1 fully saturated rings. The average Bonchev–Trinajstić information content (AvgIpc) is 3.04. The molecule has 0 aliphatic heterocycles. The van der Waals surface area contributed by atoms with E-state index >= 15 is 0 Å². The number of sulfone groups is 1. The monoisotopic (exact) mass is 291 g/mol. The van der Waals surface area contributed by atoms with Gasteiger partial charge in [0.05, 0.1) is 25.0 Å². The Labute approximate surface area is 116 Å². The molecule has 1 aliphatic carbocycles. The van der Waals surface area contributed by atoms with Crippen LogP contribution < -0.4 is 5.32 Å². The summed E-state index contributed by atoms with van der Waals surface area (Å²) in [6, 6.07) is -0.0427. The molecular formula is C13H25NO4S. The van der Waals surface area contributed by atoms with Crippen LogP contribution in [-0.4, -0.2) is 46.1 Å². The van der Waals surface area contributed by atoms with Crippen LogP contribution in [-0.2, 0) is 19.4 Å². The number of methoxy groups -OCH3 is 1. The lowest BCUT2D eigenvalue weighted by Crippen LogP contribution is -2.39. The SMILES string of the molecule is CNC(CS(=O)(=O)CC1(CC(=O)OC)CC1)C(C)C. The molecule has 0 aromatic carbocycles. The fourth-order valence-electron chi connectivity index (χ4n) is 2.34. The highest BCUT2D eigenvalue weighted by Gasteiger charge is 2.48. The van der Waals surface area contributed by atoms with Crippen LogP contribution in [0.2, 0.25) is 0 Å². The van der Waals surface area contributed by atoms with Gasteiger partial charge in [-0.3, -0.25) is 4.79 Å². The van der Waals surface area contributed by atoms with Gasteiger partial charge >= 0.3 is 5.97 Å². The Hall–Kier alpha value is -0.620. The minimum absolute atomic E-state index is 0.0427. The zero-order valence-corrected chi connectivity index (χ0v) is 13.0. The number of nitrogens with one attached hydrogen (secondary N) is 1. The Morgan fingerprint density at radius 3 is 2.32 bits per heavy atom. The lowest BCUT2D eigenvalue weighted by Gasteiger charge is -2.21. The highest BCUT2D eigenvalue weighted by molar-refractivity contribution is 7.91. The predicted molar refractivity (Wildman–Crippen MR) is 74.6 cm³/mol. The van der Waals surface area contributed by atoms with Crippen LogP contribution in [0.3, 0.4) is 0 Å². The minimum Gasteiger partial charge on any atom is -0.469 e. The van der Waals surface area contributed by atoms with Crippen LogP contribution in [0.4, 0.5) is 0 Å². The maximum atomic E-state index is 12.2. The van der Waals surface area contributed by atoms with E-state index in [2.05, 4.69) is 10.1 Å². The molecule has 19 heavy (non-hydrogen) atoms. The van der Waals surface area contributed by atoms with Gasteiger partial charge in [-0.25, -0.2) is 8.42 Å². The summed E-state index contributed by atoms with van der Waals surface area (Å²) in [6.45, 7) is 4.00. The van der Waals surface area contributed by atoms with Gasteiger partial charge in [0.25, 0.3) is 0 Å². The molecule has 1 saturated carbocycles. The summed E-state index contributed by atoms with van der Waals surface area (Å²) >= 11 is 0. The molecule has 1 rings (SSSR count). The Morgan fingerprint density at radius 1 is 1.37 bits per heavy atom. The lowest BCUT2D eigenvalue weighted by atomic mass is 10.1. The molecule has 0 saturated heterocycles. The fraction of sp³-hybridized carbons (Fsp3) is 0.923. The smallest absolute Gasteiger partial charge is 0.306 e. The zero-order valence-electron chi connectivity index (χ0n) is 12.2. The van der Waals surface area contributed by atoms with Gasteiger partial charge in [0.2, 0.25) is 0 Å². The van der Waals surface area contributed by atoms with Crippen molar-refractivity contribution in [3.8, 4) is 0 Å². The van der Waals surface area contributed by atoms with Crippen molar-refractivity contribution >= 4 is 15.8 Å². The standard InChI is InChI=1S/C13H25NO4S/c1-10(2)11(14-3)8-19(16,17)9-13(5-6-13)7-12(15)18-4/h10-11,14H,5-9H2,1-4H3. The molecule has 0 aromatic heterocycles. The van der Waals surface area contributed by atoms with E-state index in [-0.39, 0.29) is 41.3 Å². The molecule has 0 radical (unpaired) electrons. The minimum atomic E-state index is -3.16. The van der Waals surface area contributed by atoms with Crippen molar-refractivity contribution in [1.29, 1.82) is 0 Å². The maximum absolute atomic E-state index is 12.2. The molecule has 0 aromatic rings. The molecular weight excluding hydrogens is 266 g/mol. The first-order chi connectivity index (χ1) is 8.73. The Bertz CT molecular complexity index is 412. The van der Waals surface area contributed by atoms with Gasteiger partial charge in [0.15, 0.2) is 9.84 Å². The van der Waals surface area contributed by atoms with Crippen LogP contribution in [0.1, 0.15) is 33.1 Å². The van der Waals surface area contributed by atoms with Gasteiger partial charge in [0, 0.05) is 6.04 Å². The van der Waals surface area contributed by atoms with E-state index in [1.54, 1.807) is 7.05 Å². The fourth-order valence-corrected chi connectivity index (χ4v) is 4.88. The van der Waals surface area contributed by atoms with Crippen LogP contribution in [0, 0.1) is 11.3 Å². The molecule has 5 nitrogen and oxygen atoms in total. The van der Waals surface area contributed by atoms with E-state index in [0.29, 0.717) is 0 Å². The molecule has 1 unspecified atom stereocenters. The Balaban J connectivity index is 2.62. The number of hydrogen-bond acceptors (Lipinski definition) is 5. The molecule has 1 N–H and O–H groups in total. The second-order valence-electron chi connectivity index (χ2n) is 5.95. The quantitative estimate of drug-likeness (QED) is 0.675.